The Balaban J connectivity index is -0.0000000200. The zero-order valence-corrected chi connectivity index (χ0v) is 7.95. The molecule has 0 rings (SSSR count). The molecule has 0 bridgehead atoms. The summed E-state index contributed by atoms with van der Waals surface area (Å²) in [6, 6.07) is 0. The first-order valence-corrected chi connectivity index (χ1v) is 2.12. The minimum atomic E-state index is -2.00. The first kappa shape index (κ1) is 15.9. The van der Waals surface area contributed by atoms with Gasteiger partial charge in [0, 0.05) is 0 Å². The van der Waals surface area contributed by atoms with E-state index >= 15 is 0 Å². The molecular weight excluding hydrogens is 163 g/mol. The Morgan fingerprint density at radius 3 is 1.60 bits per heavy atom. The van der Waals surface area contributed by atoms with Crippen molar-refractivity contribution >= 4 is 15.7 Å². The van der Waals surface area contributed by atoms with Crippen LogP contribution in [0.4, 0.5) is 4.70 Å². The average Bonchev–Trinajstić information content (AvgIpc) is 0.918. The average molecular weight is 164 g/mol. The van der Waals surface area contributed by atoms with Gasteiger partial charge in [0.1, 0.15) is 0 Å². The van der Waals surface area contributed by atoms with E-state index in [2.05, 4.69) is 0 Å². The van der Waals surface area contributed by atoms with Crippen LogP contribution in [-0.2, 0) is 3.78 Å². The van der Waals surface area contributed by atoms with Crippen LogP contribution in [0, 0.1) is 0 Å². The Bertz CT molecular complexity index is 17.1. The molecule has 0 saturated carbocycles. The van der Waals surface area contributed by atoms with Crippen molar-refractivity contribution in [3.63, 3.8) is 0 Å². The van der Waals surface area contributed by atoms with Crippen molar-refractivity contribution in [2.45, 2.75) is 0 Å². The molecule has 1 radical (unpaired) electrons. The van der Waals surface area contributed by atoms with Crippen LogP contribution in [0.15, 0.2) is 0 Å². The van der Waals surface area contributed by atoms with Gasteiger partial charge in [-0.1, -0.05) is 0 Å². The van der Waals surface area contributed by atoms with Gasteiger partial charge in [-0.3, -0.25) is 4.70 Å². The Labute approximate surface area is 78.1 Å². The zero-order chi connectivity index (χ0) is 2.71. The number of rotatable bonds is 0. The van der Waals surface area contributed by atoms with E-state index < -0.39 is 15.7 Å². The molecule has 5 heteroatoms. The Hall–Kier alpha value is 1.71. The van der Waals surface area contributed by atoms with Crippen molar-refractivity contribution in [2.75, 3.05) is 0 Å². The molecule has 0 aromatic rings. The van der Waals surface area contributed by atoms with E-state index in [9.17, 15) is 0 Å². The molecule has 0 spiro atoms. The van der Waals surface area contributed by atoms with E-state index in [0.29, 0.717) is 0 Å². The molecule has 0 unspecified atom stereocenters. The van der Waals surface area contributed by atoms with Crippen LogP contribution in [0.5, 0.6) is 0 Å². The Morgan fingerprint density at radius 1 is 1.60 bits per heavy atom. The van der Waals surface area contributed by atoms with Crippen molar-refractivity contribution in [1.82, 2.24) is 0 Å². The van der Waals surface area contributed by atoms with Gasteiger partial charge in [-0.2, -0.15) is 0 Å². The number of hydrogen-bond donors (Lipinski definition) is 0. The van der Waals surface area contributed by atoms with Gasteiger partial charge in [0.05, 0.1) is 0 Å². The summed E-state index contributed by atoms with van der Waals surface area (Å²) >= 11 is -2.00. The molecule has 0 heterocycles. The molecule has 2 nitrogen and oxygen atoms in total. The fourth-order valence-electron chi connectivity index (χ4n) is 0. The quantitative estimate of drug-likeness (QED) is 0.338. The molecule has 0 fully saturated rings. The molecule has 0 aromatic heterocycles. The second kappa shape index (κ2) is 17.2. The first-order chi connectivity index (χ1) is 1.41. The molecule has 5 heavy (non-hydrogen) atoms. The maximum absolute atomic E-state index is 8.50. The molecule has 0 aliphatic rings. The summed E-state index contributed by atoms with van der Waals surface area (Å²) in [5.74, 6) is 0. The van der Waals surface area contributed by atoms with E-state index in [-0.39, 0.29) is 56.1 Å². The SMILES string of the molecule is F.[K+].[O]=[Ge][O-]. The molecule has 0 aliphatic heterocycles. The summed E-state index contributed by atoms with van der Waals surface area (Å²) in [7, 11) is 0. The van der Waals surface area contributed by atoms with Crippen molar-refractivity contribution < 1.29 is 64.0 Å². The summed E-state index contributed by atoms with van der Waals surface area (Å²) in [6.07, 6.45) is 0. The number of hydrogen-bond acceptors (Lipinski definition) is 2. The van der Waals surface area contributed by atoms with Crippen molar-refractivity contribution in [3.05, 3.63) is 0 Å². The summed E-state index contributed by atoms with van der Waals surface area (Å²) < 4.78 is 17.0. The second-order valence-electron chi connectivity index (χ2n) is 0.0833. The van der Waals surface area contributed by atoms with Crippen molar-refractivity contribution in [3.8, 4) is 0 Å². The van der Waals surface area contributed by atoms with Crippen LogP contribution in [0.25, 0.3) is 0 Å². The van der Waals surface area contributed by atoms with E-state index in [0.717, 1.165) is 0 Å². The summed E-state index contributed by atoms with van der Waals surface area (Å²) in [5, 5.41) is 0. The van der Waals surface area contributed by atoms with Crippen molar-refractivity contribution in [2.24, 2.45) is 0 Å². The zero-order valence-electron chi connectivity index (χ0n) is 2.72. The summed E-state index contributed by atoms with van der Waals surface area (Å²) in [6.45, 7) is 0. The van der Waals surface area contributed by atoms with Gasteiger partial charge in [0.25, 0.3) is 0 Å². The van der Waals surface area contributed by atoms with Gasteiger partial charge >= 0.3 is 75.0 Å². The van der Waals surface area contributed by atoms with Crippen LogP contribution in [0.2, 0.25) is 0 Å². The second-order valence-corrected chi connectivity index (χ2v) is 0.433. The van der Waals surface area contributed by atoms with Gasteiger partial charge in [0.15, 0.2) is 0 Å². The monoisotopic (exact) mass is 165 g/mol. The van der Waals surface area contributed by atoms with Gasteiger partial charge in [-0.05, 0) is 0 Å². The van der Waals surface area contributed by atoms with Gasteiger partial charge in [-0.15, -0.1) is 0 Å². The van der Waals surface area contributed by atoms with E-state index in [1.54, 1.807) is 0 Å². The van der Waals surface area contributed by atoms with Crippen LogP contribution in [-0.4, -0.2) is 15.7 Å². The standard InChI is InChI=1S/FH.GeO2.K/c;2-1-3;/h1H;;/q;-1;+1. The number of halogens is 1. The maximum atomic E-state index is 8.50. The molecule has 0 atom stereocenters. The predicted octanol–water partition coefficient (Wildman–Crippen LogP) is -4.53. The molecule has 25 valence electrons. The third kappa shape index (κ3) is 26.9. The minimum absolute atomic E-state index is 0. The molecule has 0 N–H and O–H groups in total. The normalized spacial score (nSPS) is 2.40. The third-order valence-corrected chi connectivity index (χ3v) is 0. The van der Waals surface area contributed by atoms with E-state index in [1.807, 2.05) is 0 Å². The Morgan fingerprint density at radius 2 is 1.60 bits per heavy atom. The topological polar surface area (TPSA) is 40.1 Å². The first-order valence-electron chi connectivity index (χ1n) is 0.408. The van der Waals surface area contributed by atoms with Gasteiger partial charge in [-0.25, -0.2) is 0 Å². The van der Waals surface area contributed by atoms with Crippen LogP contribution in [0.1, 0.15) is 0 Å². The van der Waals surface area contributed by atoms with Crippen LogP contribution < -0.4 is 55.5 Å². The molecular formula is HFGeKO2. The van der Waals surface area contributed by atoms with Crippen molar-refractivity contribution in [1.29, 1.82) is 0 Å². The summed E-state index contributed by atoms with van der Waals surface area (Å²) in [4.78, 5) is 0. The molecule has 0 saturated heterocycles. The van der Waals surface area contributed by atoms with E-state index in [4.69, 9.17) is 7.91 Å². The third-order valence-electron chi connectivity index (χ3n) is 0. The molecule has 0 amide bonds. The van der Waals surface area contributed by atoms with Gasteiger partial charge in [0.2, 0.25) is 0 Å². The molecule has 0 aliphatic carbocycles. The predicted molar refractivity (Wildman–Crippen MR) is 8.94 cm³/mol. The Kier molecular flexibility index (Phi) is 54.8. The fraction of sp³-hybridized carbons (Fsp3) is 0. The van der Waals surface area contributed by atoms with Crippen LogP contribution in [0.3, 0.4) is 0 Å². The molecule has 0 aromatic carbocycles. The fourth-order valence-corrected chi connectivity index (χ4v) is 0. The van der Waals surface area contributed by atoms with Gasteiger partial charge < -0.3 is 0 Å². The van der Waals surface area contributed by atoms with Crippen LogP contribution >= 0.6 is 0 Å². The van der Waals surface area contributed by atoms with E-state index in [1.165, 1.54) is 0 Å². The summed E-state index contributed by atoms with van der Waals surface area (Å²) in [5.41, 5.74) is 0.